The predicted octanol–water partition coefficient (Wildman–Crippen LogP) is 3.88. The smallest absolute Gasteiger partial charge is 0.333 e. The summed E-state index contributed by atoms with van der Waals surface area (Å²) in [4.78, 5) is 11.2. The van der Waals surface area contributed by atoms with Gasteiger partial charge in [0.25, 0.3) is 0 Å². The maximum absolute atomic E-state index is 11.2. The van der Waals surface area contributed by atoms with Gasteiger partial charge in [-0.15, -0.1) is 0 Å². The molecule has 0 aliphatic rings. The molecule has 2 rings (SSSR count). The third kappa shape index (κ3) is 7.64. The van der Waals surface area contributed by atoms with Gasteiger partial charge in [-0.05, 0) is 18.6 Å². The number of carbonyl (C=O) groups is 1. The highest BCUT2D eigenvalue weighted by atomic mass is 16.6. The lowest BCUT2D eigenvalue weighted by Gasteiger charge is -2.12. The normalized spacial score (nSPS) is 10.4. The summed E-state index contributed by atoms with van der Waals surface area (Å²) in [5, 5.41) is 0. The first-order chi connectivity index (χ1) is 13.2. The lowest BCUT2D eigenvalue weighted by Crippen LogP contribution is -2.14. The van der Waals surface area contributed by atoms with Crippen LogP contribution in [0.5, 0.6) is 5.75 Å². The molecule has 5 nitrogen and oxygen atoms in total. The third-order valence-electron chi connectivity index (χ3n) is 3.64. The van der Waals surface area contributed by atoms with Crippen molar-refractivity contribution in [2.75, 3.05) is 39.6 Å². The fraction of sp³-hybridized carbons (Fsp3) is 0.318. The Labute approximate surface area is 160 Å². The number of hydrogen-bond donors (Lipinski definition) is 0. The van der Waals surface area contributed by atoms with E-state index < -0.39 is 5.97 Å². The number of rotatable bonds is 12. The standard InChI is InChI=1S/C22H26O5/c1-18(2)22(23)27-17-15-25-13-12-24-14-16-26-21-11-7-6-10-20(21)19-8-4-3-5-9-19/h3-11H,1,12-17H2,2H3. The van der Waals surface area contributed by atoms with Gasteiger partial charge in [-0.3, -0.25) is 0 Å². The zero-order valence-corrected chi connectivity index (χ0v) is 15.7. The van der Waals surface area contributed by atoms with Gasteiger partial charge in [-0.2, -0.15) is 0 Å². The van der Waals surface area contributed by atoms with E-state index in [1.54, 1.807) is 6.92 Å². The summed E-state index contributed by atoms with van der Waals surface area (Å²) in [6.45, 7) is 7.49. The number of carbonyl (C=O) groups excluding carboxylic acids is 1. The van der Waals surface area contributed by atoms with E-state index in [4.69, 9.17) is 18.9 Å². The van der Waals surface area contributed by atoms with Crippen LogP contribution in [-0.4, -0.2) is 45.6 Å². The molecule has 0 bridgehead atoms. The van der Waals surface area contributed by atoms with Gasteiger partial charge >= 0.3 is 5.97 Å². The average molecular weight is 370 g/mol. The maximum atomic E-state index is 11.2. The van der Waals surface area contributed by atoms with Crippen molar-refractivity contribution in [1.29, 1.82) is 0 Å². The first kappa shape index (κ1) is 20.7. The van der Waals surface area contributed by atoms with E-state index in [-0.39, 0.29) is 6.61 Å². The quantitative estimate of drug-likeness (QED) is 0.322. The lowest BCUT2D eigenvalue weighted by molar-refractivity contribution is -0.140. The van der Waals surface area contributed by atoms with Crippen LogP contribution in [-0.2, 0) is 19.0 Å². The Balaban J connectivity index is 1.58. The van der Waals surface area contributed by atoms with Crippen molar-refractivity contribution in [3.05, 3.63) is 66.7 Å². The largest absolute Gasteiger partial charge is 0.491 e. The Morgan fingerprint density at radius 2 is 1.41 bits per heavy atom. The molecule has 0 spiro atoms. The molecule has 0 fully saturated rings. The minimum atomic E-state index is -0.400. The Morgan fingerprint density at radius 3 is 2.11 bits per heavy atom. The van der Waals surface area contributed by atoms with Crippen molar-refractivity contribution >= 4 is 5.97 Å². The van der Waals surface area contributed by atoms with E-state index in [0.717, 1.165) is 16.9 Å². The Kier molecular flexibility index (Phi) is 9.10. The molecule has 0 radical (unpaired) electrons. The number of benzene rings is 2. The molecule has 0 saturated carbocycles. The number of para-hydroxylation sites is 1. The van der Waals surface area contributed by atoms with Crippen LogP contribution < -0.4 is 4.74 Å². The second kappa shape index (κ2) is 11.9. The van der Waals surface area contributed by atoms with Crippen molar-refractivity contribution in [3.63, 3.8) is 0 Å². The molecule has 0 N–H and O–H groups in total. The van der Waals surface area contributed by atoms with E-state index in [9.17, 15) is 4.79 Å². The second-order valence-electron chi connectivity index (χ2n) is 5.85. The fourth-order valence-corrected chi connectivity index (χ4v) is 2.30. The van der Waals surface area contributed by atoms with E-state index >= 15 is 0 Å². The van der Waals surface area contributed by atoms with Gasteiger partial charge in [0.15, 0.2) is 0 Å². The molecule has 0 amide bonds. The minimum Gasteiger partial charge on any atom is -0.491 e. The molecule has 2 aromatic carbocycles. The van der Waals surface area contributed by atoms with Gasteiger partial charge in [0, 0.05) is 11.1 Å². The van der Waals surface area contributed by atoms with Crippen LogP contribution in [0.4, 0.5) is 0 Å². The summed E-state index contributed by atoms with van der Waals surface area (Å²) < 4.78 is 21.6. The van der Waals surface area contributed by atoms with Gasteiger partial charge in [-0.25, -0.2) is 4.79 Å². The second-order valence-corrected chi connectivity index (χ2v) is 5.85. The molecule has 2 aromatic rings. The third-order valence-corrected chi connectivity index (χ3v) is 3.64. The van der Waals surface area contributed by atoms with Gasteiger partial charge in [0.2, 0.25) is 0 Å². The van der Waals surface area contributed by atoms with Crippen LogP contribution in [0, 0.1) is 0 Å². The van der Waals surface area contributed by atoms with Crippen molar-refractivity contribution in [2.45, 2.75) is 6.92 Å². The molecule has 5 heteroatoms. The molecule has 0 unspecified atom stereocenters. The highest BCUT2D eigenvalue weighted by Gasteiger charge is 2.05. The maximum Gasteiger partial charge on any atom is 0.333 e. The summed E-state index contributed by atoms with van der Waals surface area (Å²) in [5.74, 6) is 0.436. The van der Waals surface area contributed by atoms with Crippen LogP contribution in [0.1, 0.15) is 6.92 Å². The summed E-state index contributed by atoms with van der Waals surface area (Å²) in [7, 11) is 0. The minimum absolute atomic E-state index is 0.213. The number of ether oxygens (including phenoxy) is 4. The zero-order chi connectivity index (χ0) is 19.3. The Bertz CT molecular complexity index is 712. The summed E-state index contributed by atoms with van der Waals surface area (Å²) >= 11 is 0. The van der Waals surface area contributed by atoms with Gasteiger partial charge in [0.05, 0.1) is 26.4 Å². The SMILES string of the molecule is C=C(C)C(=O)OCCOCCOCCOc1ccccc1-c1ccccc1. The molecule has 0 saturated heterocycles. The van der Waals surface area contributed by atoms with Gasteiger partial charge < -0.3 is 18.9 Å². The topological polar surface area (TPSA) is 54.0 Å². The van der Waals surface area contributed by atoms with Gasteiger partial charge in [0.1, 0.15) is 19.0 Å². The summed E-state index contributed by atoms with van der Waals surface area (Å²) in [6, 6.07) is 18.1. The van der Waals surface area contributed by atoms with Gasteiger partial charge in [-0.1, -0.05) is 55.1 Å². The molecule has 0 aromatic heterocycles. The Hall–Kier alpha value is -2.63. The van der Waals surface area contributed by atoms with Crippen molar-refractivity contribution < 1.29 is 23.7 Å². The highest BCUT2D eigenvalue weighted by molar-refractivity contribution is 5.86. The molecule has 0 heterocycles. The zero-order valence-electron chi connectivity index (χ0n) is 15.7. The van der Waals surface area contributed by atoms with Crippen LogP contribution >= 0.6 is 0 Å². The van der Waals surface area contributed by atoms with Crippen LogP contribution in [0.3, 0.4) is 0 Å². The summed E-state index contributed by atoms with van der Waals surface area (Å²) in [5.41, 5.74) is 2.56. The average Bonchev–Trinajstić information content (AvgIpc) is 2.70. The first-order valence-electron chi connectivity index (χ1n) is 8.94. The molecule has 27 heavy (non-hydrogen) atoms. The number of esters is 1. The van der Waals surface area contributed by atoms with E-state index in [1.807, 2.05) is 42.5 Å². The van der Waals surface area contributed by atoms with Crippen molar-refractivity contribution in [3.8, 4) is 16.9 Å². The summed E-state index contributed by atoms with van der Waals surface area (Å²) in [6.07, 6.45) is 0. The van der Waals surface area contributed by atoms with Crippen LogP contribution in [0.2, 0.25) is 0 Å². The highest BCUT2D eigenvalue weighted by Crippen LogP contribution is 2.29. The molecule has 0 atom stereocenters. The molecular formula is C22H26O5. The molecule has 144 valence electrons. The van der Waals surface area contributed by atoms with Crippen LogP contribution in [0.25, 0.3) is 11.1 Å². The van der Waals surface area contributed by atoms with Crippen molar-refractivity contribution in [2.24, 2.45) is 0 Å². The van der Waals surface area contributed by atoms with E-state index in [2.05, 4.69) is 18.7 Å². The van der Waals surface area contributed by atoms with E-state index in [1.165, 1.54) is 0 Å². The van der Waals surface area contributed by atoms with Crippen molar-refractivity contribution in [1.82, 2.24) is 0 Å². The van der Waals surface area contributed by atoms with Crippen LogP contribution in [0.15, 0.2) is 66.7 Å². The molecule has 0 aliphatic heterocycles. The fourth-order valence-electron chi connectivity index (χ4n) is 2.30. The lowest BCUT2D eigenvalue weighted by atomic mass is 10.1. The predicted molar refractivity (Wildman–Crippen MR) is 105 cm³/mol. The monoisotopic (exact) mass is 370 g/mol. The molecule has 0 aliphatic carbocycles. The number of hydrogen-bond acceptors (Lipinski definition) is 5. The molecular weight excluding hydrogens is 344 g/mol. The van der Waals surface area contributed by atoms with E-state index in [0.29, 0.717) is 38.6 Å². The first-order valence-corrected chi connectivity index (χ1v) is 8.94. The Morgan fingerprint density at radius 1 is 0.815 bits per heavy atom.